The number of aromatic nitrogens is 2. The molecular formula is C24H28BrN3O4. The molecule has 0 spiro atoms. The molecule has 0 fully saturated rings. The van der Waals surface area contributed by atoms with E-state index in [2.05, 4.69) is 26.3 Å². The van der Waals surface area contributed by atoms with E-state index >= 15 is 0 Å². The highest BCUT2D eigenvalue weighted by molar-refractivity contribution is 9.10. The Labute approximate surface area is 196 Å². The Morgan fingerprint density at radius 2 is 1.75 bits per heavy atom. The molecule has 170 valence electrons. The number of halogens is 1. The van der Waals surface area contributed by atoms with Gasteiger partial charge in [0.15, 0.2) is 11.5 Å². The lowest BCUT2D eigenvalue weighted by Crippen LogP contribution is -2.15. The van der Waals surface area contributed by atoms with Crippen molar-refractivity contribution in [2.24, 2.45) is 0 Å². The summed E-state index contributed by atoms with van der Waals surface area (Å²) in [4.78, 5) is 12.2. The predicted molar refractivity (Wildman–Crippen MR) is 127 cm³/mol. The van der Waals surface area contributed by atoms with Crippen molar-refractivity contribution in [2.75, 3.05) is 18.5 Å². The molecule has 0 bridgehead atoms. The van der Waals surface area contributed by atoms with Crippen LogP contribution in [0.3, 0.4) is 0 Å². The Morgan fingerprint density at radius 1 is 1.03 bits per heavy atom. The van der Waals surface area contributed by atoms with Gasteiger partial charge in [-0.15, -0.1) is 0 Å². The second-order valence-corrected chi connectivity index (χ2v) is 7.91. The Kier molecular flexibility index (Phi) is 8.56. The van der Waals surface area contributed by atoms with Gasteiger partial charge in [0.05, 0.1) is 30.4 Å². The minimum absolute atomic E-state index is 0.0671. The maximum Gasteiger partial charge on any atom is 0.226 e. The highest BCUT2D eigenvalue weighted by atomic mass is 79.9. The average molecular weight is 502 g/mol. The van der Waals surface area contributed by atoms with Crippen molar-refractivity contribution in [1.82, 2.24) is 9.78 Å². The second-order valence-electron chi connectivity index (χ2n) is 7.06. The number of carbonyl (C=O) groups excluding carboxylic acids is 1. The summed E-state index contributed by atoms with van der Waals surface area (Å²) in [5, 5.41) is 7.14. The molecule has 2 aromatic carbocycles. The first kappa shape index (κ1) is 23.7. The van der Waals surface area contributed by atoms with Crippen LogP contribution in [0.1, 0.15) is 31.5 Å². The van der Waals surface area contributed by atoms with Crippen LogP contribution >= 0.6 is 15.9 Å². The third kappa shape index (κ3) is 6.50. The van der Waals surface area contributed by atoms with E-state index in [9.17, 15) is 4.79 Å². The molecule has 0 aliphatic carbocycles. The van der Waals surface area contributed by atoms with Crippen LogP contribution in [-0.2, 0) is 17.9 Å². The van der Waals surface area contributed by atoms with Crippen molar-refractivity contribution in [3.8, 4) is 17.2 Å². The number of benzene rings is 2. The van der Waals surface area contributed by atoms with Crippen LogP contribution in [-0.4, -0.2) is 28.9 Å². The van der Waals surface area contributed by atoms with Crippen LogP contribution in [0.15, 0.2) is 53.1 Å². The summed E-state index contributed by atoms with van der Waals surface area (Å²) in [6.45, 7) is 7.91. The average Bonchev–Trinajstić information content (AvgIpc) is 3.11. The Hall–Kier alpha value is -3.00. The van der Waals surface area contributed by atoms with Crippen LogP contribution in [0, 0.1) is 6.92 Å². The van der Waals surface area contributed by atoms with Crippen LogP contribution < -0.4 is 19.5 Å². The third-order valence-electron chi connectivity index (χ3n) is 4.75. The van der Waals surface area contributed by atoms with E-state index in [0.717, 1.165) is 27.2 Å². The standard InChI is InChI=1S/C24H28BrN3O4/c1-4-30-22-11-6-18(14-23(22)31-5-2)16-32-20-9-7-19(8-10-20)27-24(29)12-13-28-17(3)21(25)15-26-28/h6-11,14-15H,4-5,12-13,16H2,1-3H3,(H,27,29). The van der Waals surface area contributed by atoms with Gasteiger partial charge in [-0.1, -0.05) is 6.07 Å². The van der Waals surface area contributed by atoms with Gasteiger partial charge in [0, 0.05) is 17.8 Å². The summed E-state index contributed by atoms with van der Waals surface area (Å²) in [5.74, 6) is 2.09. The van der Waals surface area contributed by atoms with E-state index in [1.54, 1.807) is 10.9 Å². The molecule has 3 aromatic rings. The van der Waals surface area contributed by atoms with Crippen LogP contribution in [0.5, 0.6) is 17.2 Å². The van der Waals surface area contributed by atoms with Gasteiger partial charge < -0.3 is 19.5 Å². The number of aryl methyl sites for hydroxylation is 1. The molecule has 0 aliphatic heterocycles. The number of nitrogens with one attached hydrogen (secondary N) is 1. The van der Waals surface area contributed by atoms with Crippen LogP contribution in [0.2, 0.25) is 0 Å². The van der Waals surface area contributed by atoms with E-state index in [-0.39, 0.29) is 5.91 Å². The molecule has 7 nitrogen and oxygen atoms in total. The topological polar surface area (TPSA) is 74.6 Å². The molecule has 0 aliphatic rings. The van der Waals surface area contributed by atoms with E-state index < -0.39 is 0 Å². The zero-order chi connectivity index (χ0) is 22.9. The molecule has 1 N–H and O–H groups in total. The zero-order valence-corrected chi connectivity index (χ0v) is 20.1. The maximum absolute atomic E-state index is 12.2. The molecule has 1 heterocycles. The van der Waals surface area contributed by atoms with Crippen LogP contribution in [0.4, 0.5) is 5.69 Å². The van der Waals surface area contributed by atoms with Crippen molar-refractivity contribution in [2.45, 2.75) is 40.3 Å². The number of ether oxygens (including phenoxy) is 3. The van der Waals surface area contributed by atoms with Crippen molar-refractivity contribution in [1.29, 1.82) is 0 Å². The number of anilines is 1. The van der Waals surface area contributed by atoms with E-state index in [4.69, 9.17) is 14.2 Å². The number of rotatable bonds is 11. The summed E-state index contributed by atoms with van der Waals surface area (Å²) >= 11 is 3.42. The minimum Gasteiger partial charge on any atom is -0.490 e. The molecular weight excluding hydrogens is 474 g/mol. The normalized spacial score (nSPS) is 10.6. The monoisotopic (exact) mass is 501 g/mol. The fourth-order valence-corrected chi connectivity index (χ4v) is 3.36. The smallest absolute Gasteiger partial charge is 0.226 e. The molecule has 3 rings (SSSR count). The number of hydrogen-bond donors (Lipinski definition) is 1. The second kappa shape index (κ2) is 11.6. The van der Waals surface area contributed by atoms with Gasteiger partial charge in [-0.25, -0.2) is 0 Å². The molecule has 0 unspecified atom stereocenters. The predicted octanol–water partition coefficient (Wildman–Crippen LogP) is 5.36. The van der Waals surface area contributed by atoms with Crippen molar-refractivity contribution < 1.29 is 19.0 Å². The van der Waals surface area contributed by atoms with E-state index in [1.807, 2.05) is 63.2 Å². The van der Waals surface area contributed by atoms with Crippen molar-refractivity contribution in [3.63, 3.8) is 0 Å². The number of hydrogen-bond acceptors (Lipinski definition) is 5. The lowest BCUT2D eigenvalue weighted by Gasteiger charge is -2.13. The summed E-state index contributed by atoms with van der Waals surface area (Å²) in [5.41, 5.74) is 2.70. The lowest BCUT2D eigenvalue weighted by molar-refractivity contribution is -0.116. The van der Waals surface area contributed by atoms with Gasteiger partial charge in [0.2, 0.25) is 5.91 Å². The summed E-state index contributed by atoms with van der Waals surface area (Å²) < 4.78 is 19.9. The van der Waals surface area contributed by atoms with Gasteiger partial charge >= 0.3 is 0 Å². The quantitative estimate of drug-likeness (QED) is 0.382. The molecule has 0 saturated heterocycles. The highest BCUT2D eigenvalue weighted by Gasteiger charge is 2.09. The Bertz CT molecular complexity index is 1030. The number of amides is 1. The SMILES string of the molecule is CCOc1ccc(COc2ccc(NC(=O)CCn3ncc(Br)c3C)cc2)cc1OCC. The lowest BCUT2D eigenvalue weighted by atomic mass is 10.2. The Morgan fingerprint density at radius 3 is 2.41 bits per heavy atom. The first-order valence-electron chi connectivity index (χ1n) is 10.6. The summed E-state index contributed by atoms with van der Waals surface area (Å²) in [6, 6.07) is 13.1. The van der Waals surface area contributed by atoms with Crippen LogP contribution in [0.25, 0.3) is 0 Å². The summed E-state index contributed by atoms with van der Waals surface area (Å²) in [7, 11) is 0. The van der Waals surface area contributed by atoms with Crippen molar-refractivity contribution in [3.05, 3.63) is 64.4 Å². The summed E-state index contributed by atoms with van der Waals surface area (Å²) in [6.07, 6.45) is 2.07. The molecule has 1 amide bonds. The molecule has 0 radical (unpaired) electrons. The molecule has 0 atom stereocenters. The molecule has 1 aromatic heterocycles. The maximum atomic E-state index is 12.2. The largest absolute Gasteiger partial charge is 0.490 e. The number of nitrogens with zero attached hydrogens (tertiary/aromatic N) is 2. The number of carbonyl (C=O) groups is 1. The Balaban J connectivity index is 1.50. The van der Waals surface area contributed by atoms with Gasteiger partial charge in [0.1, 0.15) is 12.4 Å². The first-order chi connectivity index (χ1) is 15.5. The van der Waals surface area contributed by atoms with Gasteiger partial charge in [-0.3, -0.25) is 9.48 Å². The fourth-order valence-electron chi connectivity index (χ4n) is 3.07. The van der Waals surface area contributed by atoms with Gasteiger partial charge in [0.25, 0.3) is 0 Å². The first-order valence-corrected chi connectivity index (χ1v) is 11.4. The van der Waals surface area contributed by atoms with E-state index in [0.29, 0.717) is 44.3 Å². The molecule has 0 saturated carbocycles. The highest BCUT2D eigenvalue weighted by Crippen LogP contribution is 2.29. The van der Waals surface area contributed by atoms with Gasteiger partial charge in [-0.05, 0) is 78.7 Å². The molecule has 32 heavy (non-hydrogen) atoms. The van der Waals surface area contributed by atoms with Crippen molar-refractivity contribution >= 4 is 27.5 Å². The third-order valence-corrected chi connectivity index (χ3v) is 5.52. The fraction of sp³-hybridized carbons (Fsp3) is 0.333. The zero-order valence-electron chi connectivity index (χ0n) is 18.6. The minimum atomic E-state index is -0.0671. The van der Waals surface area contributed by atoms with Gasteiger partial charge in [-0.2, -0.15) is 5.10 Å². The van der Waals surface area contributed by atoms with E-state index in [1.165, 1.54) is 0 Å². The molecule has 8 heteroatoms.